The minimum Gasteiger partial charge on any atom is -0.342 e. The summed E-state index contributed by atoms with van der Waals surface area (Å²) < 4.78 is 0. The summed E-state index contributed by atoms with van der Waals surface area (Å²) >= 11 is 0. The summed E-state index contributed by atoms with van der Waals surface area (Å²) in [5.74, 6) is 0. The van der Waals surface area contributed by atoms with Crippen LogP contribution in [0.4, 0.5) is 0 Å². The Bertz CT molecular complexity index is 501. The van der Waals surface area contributed by atoms with Crippen LogP contribution >= 0.6 is 0 Å². The normalized spacial score (nSPS) is 12.2. The highest BCUT2D eigenvalue weighted by Gasteiger charge is 2.25. The molecule has 2 aromatic rings. The number of hydrogen-bond acceptors (Lipinski definition) is 3. The summed E-state index contributed by atoms with van der Waals surface area (Å²) in [6, 6.07) is 0. The number of imidazole rings is 1. The molecule has 0 aromatic carbocycles. The lowest BCUT2D eigenvalue weighted by Crippen LogP contribution is -2.19. The molecule has 1 N–H and O–H groups in total. The van der Waals surface area contributed by atoms with Crippen LogP contribution in [0.2, 0.25) is 0 Å². The lowest BCUT2D eigenvalue weighted by atomic mass is 9.83. The summed E-state index contributed by atoms with van der Waals surface area (Å²) in [4.78, 5) is 16.0. The molecule has 0 aliphatic heterocycles. The molecule has 0 amide bonds. The van der Waals surface area contributed by atoms with Crippen molar-refractivity contribution in [3.63, 3.8) is 0 Å². The van der Waals surface area contributed by atoms with Gasteiger partial charge in [0.1, 0.15) is 11.8 Å². The topological polar surface area (TPSA) is 54.5 Å². The van der Waals surface area contributed by atoms with Crippen molar-refractivity contribution < 1.29 is 0 Å². The smallest absolute Gasteiger partial charge is 0.180 e. The molecule has 0 aliphatic carbocycles. The van der Waals surface area contributed by atoms with Crippen molar-refractivity contribution in [2.75, 3.05) is 0 Å². The predicted molar refractivity (Wildman–Crippen MR) is 73.5 cm³/mol. The molecule has 0 radical (unpaired) electrons. The molecule has 4 heteroatoms. The highest BCUT2D eigenvalue weighted by molar-refractivity contribution is 5.73. The van der Waals surface area contributed by atoms with Gasteiger partial charge in [0.2, 0.25) is 0 Å². The minimum atomic E-state index is 0.0709. The zero-order valence-corrected chi connectivity index (χ0v) is 11.5. The van der Waals surface area contributed by atoms with Gasteiger partial charge in [0.25, 0.3) is 0 Å². The molecule has 0 unspecified atom stereocenters. The Kier molecular flexibility index (Phi) is 3.94. The average Bonchev–Trinajstić information content (AvgIpc) is 2.82. The van der Waals surface area contributed by atoms with Crippen molar-refractivity contribution in [1.82, 2.24) is 19.9 Å². The van der Waals surface area contributed by atoms with Crippen LogP contribution in [-0.4, -0.2) is 19.9 Å². The van der Waals surface area contributed by atoms with Gasteiger partial charge >= 0.3 is 0 Å². The van der Waals surface area contributed by atoms with E-state index in [0.29, 0.717) is 0 Å². The summed E-state index contributed by atoms with van der Waals surface area (Å²) in [6.45, 7) is 6.74. The molecule has 2 heterocycles. The fourth-order valence-corrected chi connectivity index (χ4v) is 2.39. The summed E-state index contributed by atoms with van der Waals surface area (Å²) in [6.07, 6.45) is 9.61. The zero-order valence-electron chi connectivity index (χ0n) is 11.5. The number of hydrogen-bond donors (Lipinski definition) is 1. The highest BCUT2D eigenvalue weighted by atomic mass is 15.0. The van der Waals surface area contributed by atoms with E-state index in [1.54, 1.807) is 12.7 Å². The minimum absolute atomic E-state index is 0.0709. The Labute approximate surface area is 108 Å². The first kappa shape index (κ1) is 13.0. The van der Waals surface area contributed by atoms with E-state index in [4.69, 9.17) is 0 Å². The quantitative estimate of drug-likeness (QED) is 0.792. The van der Waals surface area contributed by atoms with Crippen LogP contribution in [0.15, 0.2) is 12.7 Å². The van der Waals surface area contributed by atoms with Crippen molar-refractivity contribution in [3.8, 4) is 0 Å². The van der Waals surface area contributed by atoms with E-state index in [1.165, 1.54) is 25.7 Å². The molecule has 2 aromatic heterocycles. The Morgan fingerprint density at radius 2 is 1.94 bits per heavy atom. The Morgan fingerprint density at radius 1 is 1.11 bits per heavy atom. The van der Waals surface area contributed by atoms with Gasteiger partial charge in [0.15, 0.2) is 5.65 Å². The van der Waals surface area contributed by atoms with Gasteiger partial charge in [-0.2, -0.15) is 0 Å². The first-order chi connectivity index (χ1) is 8.65. The van der Waals surface area contributed by atoms with Gasteiger partial charge < -0.3 is 4.98 Å². The van der Waals surface area contributed by atoms with Gasteiger partial charge in [0, 0.05) is 5.41 Å². The number of aromatic amines is 1. The van der Waals surface area contributed by atoms with Crippen LogP contribution in [0.3, 0.4) is 0 Å². The van der Waals surface area contributed by atoms with E-state index in [2.05, 4.69) is 40.7 Å². The van der Waals surface area contributed by atoms with Crippen molar-refractivity contribution in [2.24, 2.45) is 0 Å². The van der Waals surface area contributed by atoms with E-state index < -0.39 is 0 Å². The van der Waals surface area contributed by atoms with E-state index in [1.807, 2.05) is 0 Å². The van der Waals surface area contributed by atoms with E-state index in [0.717, 1.165) is 23.3 Å². The fraction of sp³-hybridized carbons (Fsp3) is 0.643. The molecule has 0 bridgehead atoms. The third-order valence-corrected chi connectivity index (χ3v) is 3.52. The lowest BCUT2D eigenvalue weighted by Gasteiger charge is -2.24. The van der Waals surface area contributed by atoms with Crippen LogP contribution in [0, 0.1) is 0 Å². The van der Waals surface area contributed by atoms with Crippen LogP contribution in [0.1, 0.15) is 58.6 Å². The third kappa shape index (κ3) is 2.68. The van der Waals surface area contributed by atoms with Gasteiger partial charge in [0.05, 0.1) is 12.0 Å². The van der Waals surface area contributed by atoms with E-state index in [9.17, 15) is 0 Å². The second-order valence-corrected chi connectivity index (χ2v) is 5.52. The molecule has 0 saturated heterocycles. The molecule has 0 aliphatic rings. The average molecular weight is 246 g/mol. The molecule has 0 fully saturated rings. The van der Waals surface area contributed by atoms with E-state index >= 15 is 0 Å². The summed E-state index contributed by atoms with van der Waals surface area (Å²) in [7, 11) is 0. The maximum atomic E-state index is 4.47. The van der Waals surface area contributed by atoms with E-state index in [-0.39, 0.29) is 5.41 Å². The number of unbranched alkanes of at least 4 members (excludes halogenated alkanes) is 3. The van der Waals surface area contributed by atoms with Crippen molar-refractivity contribution >= 4 is 11.2 Å². The zero-order chi connectivity index (χ0) is 13.0. The molecular weight excluding hydrogens is 224 g/mol. The number of fused-ring (bicyclic) bond motifs is 1. The van der Waals surface area contributed by atoms with Gasteiger partial charge in [-0.25, -0.2) is 15.0 Å². The third-order valence-electron chi connectivity index (χ3n) is 3.52. The first-order valence-corrected chi connectivity index (χ1v) is 6.79. The molecule has 0 atom stereocenters. The molecule has 0 saturated carbocycles. The number of H-pyrrole nitrogens is 1. The SMILES string of the molecule is CCCCCCC(C)(C)c1ncnc2nc[nH]c12. The van der Waals surface area contributed by atoms with Crippen LogP contribution in [0.5, 0.6) is 0 Å². The Morgan fingerprint density at radius 3 is 2.72 bits per heavy atom. The Balaban J connectivity index is 2.15. The number of nitrogens with zero attached hydrogens (tertiary/aromatic N) is 3. The highest BCUT2D eigenvalue weighted by Crippen LogP contribution is 2.30. The number of nitrogens with one attached hydrogen (secondary N) is 1. The predicted octanol–water partition coefficient (Wildman–Crippen LogP) is 3.60. The Hall–Kier alpha value is -1.45. The monoisotopic (exact) mass is 246 g/mol. The van der Waals surface area contributed by atoms with Crippen molar-refractivity contribution in [3.05, 3.63) is 18.3 Å². The summed E-state index contributed by atoms with van der Waals surface area (Å²) in [5.41, 5.74) is 2.91. The van der Waals surface area contributed by atoms with Gasteiger partial charge in [-0.1, -0.05) is 46.5 Å². The maximum Gasteiger partial charge on any atom is 0.180 e. The van der Waals surface area contributed by atoms with Crippen molar-refractivity contribution in [2.45, 2.75) is 58.3 Å². The van der Waals surface area contributed by atoms with Gasteiger partial charge in [-0.3, -0.25) is 0 Å². The second kappa shape index (κ2) is 5.46. The molecule has 0 spiro atoms. The first-order valence-electron chi connectivity index (χ1n) is 6.79. The largest absolute Gasteiger partial charge is 0.342 e. The standard InChI is InChI=1S/C14H22N4/c1-4-5-6-7-8-14(2,3)12-11-13(17-9-15-11)18-10-16-12/h9-10H,4-8H2,1-3H3,(H,15,16,17,18). The molecular formula is C14H22N4. The molecule has 2 rings (SSSR count). The van der Waals surface area contributed by atoms with Gasteiger partial charge in [-0.15, -0.1) is 0 Å². The van der Waals surface area contributed by atoms with Crippen LogP contribution in [0.25, 0.3) is 11.2 Å². The maximum absolute atomic E-state index is 4.47. The molecule has 18 heavy (non-hydrogen) atoms. The second-order valence-electron chi connectivity index (χ2n) is 5.52. The van der Waals surface area contributed by atoms with Gasteiger partial charge in [-0.05, 0) is 6.42 Å². The number of aromatic nitrogens is 4. The van der Waals surface area contributed by atoms with Crippen LogP contribution in [-0.2, 0) is 5.41 Å². The van der Waals surface area contributed by atoms with Crippen molar-refractivity contribution in [1.29, 1.82) is 0 Å². The molecule has 98 valence electrons. The fourth-order valence-electron chi connectivity index (χ4n) is 2.39. The lowest BCUT2D eigenvalue weighted by molar-refractivity contribution is 0.437. The van der Waals surface area contributed by atoms with Crippen LogP contribution < -0.4 is 0 Å². The summed E-state index contributed by atoms with van der Waals surface area (Å²) in [5, 5.41) is 0. The molecule has 4 nitrogen and oxygen atoms in total. The number of rotatable bonds is 6.